The molecule has 0 fully saturated rings. The number of carbonyl (C=O) groups is 1. The van der Waals surface area contributed by atoms with Crippen LogP contribution in [0.4, 0.5) is 14.6 Å². The first-order chi connectivity index (χ1) is 14.4. The topological polar surface area (TPSA) is 88.5 Å². The first kappa shape index (κ1) is 19.3. The van der Waals surface area contributed by atoms with Gasteiger partial charge < -0.3 is 5.32 Å². The van der Waals surface area contributed by atoms with E-state index in [0.717, 1.165) is 28.6 Å². The number of nitrogens with zero attached hydrogens (tertiary/aromatic N) is 5. The smallest absolute Gasteiger partial charge is 0.229 e. The summed E-state index contributed by atoms with van der Waals surface area (Å²) in [5.74, 6) is -1.74. The van der Waals surface area contributed by atoms with Crippen LogP contribution >= 0.6 is 0 Å². The lowest BCUT2D eigenvalue weighted by Gasteiger charge is -2.05. The van der Waals surface area contributed by atoms with Crippen molar-refractivity contribution in [3.8, 4) is 6.07 Å². The second kappa shape index (κ2) is 7.75. The number of aromatic nitrogens is 4. The van der Waals surface area contributed by atoms with Gasteiger partial charge in [-0.2, -0.15) is 15.5 Å². The highest BCUT2D eigenvalue weighted by Gasteiger charge is 2.12. The molecule has 2 aromatic carbocycles. The van der Waals surface area contributed by atoms with E-state index in [1.165, 1.54) is 10.8 Å². The number of nitriles is 1. The maximum absolute atomic E-state index is 13.7. The number of hydrogen-bond acceptors (Lipinski definition) is 4. The average Bonchev–Trinajstić information content (AvgIpc) is 3.28. The third kappa shape index (κ3) is 3.89. The summed E-state index contributed by atoms with van der Waals surface area (Å²) in [7, 11) is 1.84. The molecule has 2 aromatic heterocycles. The fourth-order valence-corrected chi connectivity index (χ4v) is 3.20. The van der Waals surface area contributed by atoms with Crippen molar-refractivity contribution in [1.82, 2.24) is 19.6 Å². The zero-order valence-corrected chi connectivity index (χ0v) is 15.9. The number of carbonyl (C=O) groups excluding carboxylic acids is 1. The normalized spacial score (nSPS) is 10.9. The second-order valence-electron chi connectivity index (χ2n) is 6.83. The summed E-state index contributed by atoms with van der Waals surface area (Å²) in [5, 5.41) is 20.8. The van der Waals surface area contributed by atoms with Crippen LogP contribution < -0.4 is 5.32 Å². The molecule has 0 atom stereocenters. The Labute approximate surface area is 170 Å². The third-order valence-corrected chi connectivity index (χ3v) is 4.64. The molecule has 0 radical (unpaired) electrons. The lowest BCUT2D eigenvalue weighted by atomic mass is 10.1. The molecule has 9 heteroatoms. The number of hydrogen-bond donors (Lipinski definition) is 1. The van der Waals surface area contributed by atoms with Gasteiger partial charge >= 0.3 is 0 Å². The van der Waals surface area contributed by atoms with E-state index in [1.54, 1.807) is 23.1 Å². The number of fused-ring (bicyclic) bond motifs is 1. The molecule has 2 heterocycles. The predicted molar refractivity (Wildman–Crippen MR) is 105 cm³/mol. The number of halogens is 2. The van der Waals surface area contributed by atoms with E-state index in [1.807, 2.05) is 25.2 Å². The Morgan fingerprint density at radius 1 is 1.17 bits per heavy atom. The summed E-state index contributed by atoms with van der Waals surface area (Å²) in [6, 6.07) is 11.0. The Hall–Kier alpha value is -4.06. The molecule has 0 spiro atoms. The first-order valence-corrected chi connectivity index (χ1v) is 9.05. The highest BCUT2D eigenvalue weighted by atomic mass is 19.1. The number of aryl methyl sites for hydroxylation is 1. The Morgan fingerprint density at radius 2 is 1.93 bits per heavy atom. The van der Waals surface area contributed by atoms with E-state index in [4.69, 9.17) is 5.26 Å². The molecule has 30 heavy (non-hydrogen) atoms. The highest BCUT2D eigenvalue weighted by molar-refractivity contribution is 5.92. The van der Waals surface area contributed by atoms with Crippen LogP contribution in [-0.4, -0.2) is 25.5 Å². The predicted octanol–water partition coefficient (Wildman–Crippen LogP) is 3.15. The Morgan fingerprint density at radius 3 is 2.67 bits per heavy atom. The standard InChI is InChI=1S/C21H16F2N6O/c1-28-19-8-13(2-3-15(19)11-25-28)9-21(30)26-20-4-5-29(27-20)12-14-6-17(22)16(10-24)18(23)7-14/h2-8,11H,9,12H2,1H3,(H,26,27,30). The summed E-state index contributed by atoms with van der Waals surface area (Å²) in [4.78, 5) is 12.4. The monoisotopic (exact) mass is 406 g/mol. The molecule has 0 saturated carbocycles. The molecule has 150 valence electrons. The Kier molecular flexibility index (Phi) is 4.98. The SMILES string of the molecule is Cn1ncc2ccc(CC(=O)Nc3ccn(Cc4cc(F)c(C#N)c(F)c4)n3)cc21. The minimum atomic E-state index is -0.918. The largest absolute Gasteiger partial charge is 0.309 e. The van der Waals surface area contributed by atoms with Crippen molar-refractivity contribution in [2.24, 2.45) is 7.05 Å². The maximum atomic E-state index is 13.7. The lowest BCUT2D eigenvalue weighted by Crippen LogP contribution is -2.15. The summed E-state index contributed by atoms with van der Waals surface area (Å²) >= 11 is 0. The van der Waals surface area contributed by atoms with Gasteiger partial charge in [0.05, 0.1) is 24.7 Å². The summed E-state index contributed by atoms with van der Waals surface area (Å²) in [5.41, 5.74) is 1.48. The summed E-state index contributed by atoms with van der Waals surface area (Å²) in [6.45, 7) is 0.0899. The van der Waals surface area contributed by atoms with Gasteiger partial charge in [0, 0.05) is 24.7 Å². The van der Waals surface area contributed by atoms with Crippen LogP contribution in [0.5, 0.6) is 0 Å². The van der Waals surface area contributed by atoms with Gasteiger partial charge in [-0.3, -0.25) is 14.2 Å². The fraction of sp³-hybridized carbons (Fsp3) is 0.143. The van der Waals surface area contributed by atoms with Crippen molar-refractivity contribution in [2.45, 2.75) is 13.0 Å². The van der Waals surface area contributed by atoms with Crippen LogP contribution in [-0.2, 0) is 24.8 Å². The van der Waals surface area contributed by atoms with Gasteiger partial charge in [-0.1, -0.05) is 12.1 Å². The third-order valence-electron chi connectivity index (χ3n) is 4.64. The highest BCUT2D eigenvalue weighted by Crippen LogP contribution is 2.17. The molecule has 4 rings (SSSR count). The summed E-state index contributed by atoms with van der Waals surface area (Å²) in [6.07, 6.45) is 3.52. The van der Waals surface area contributed by atoms with Gasteiger partial charge in [0.1, 0.15) is 23.3 Å². The van der Waals surface area contributed by atoms with E-state index in [0.29, 0.717) is 11.4 Å². The van der Waals surface area contributed by atoms with E-state index in [-0.39, 0.29) is 18.9 Å². The van der Waals surface area contributed by atoms with E-state index in [9.17, 15) is 13.6 Å². The van der Waals surface area contributed by atoms with Crippen LogP contribution in [0.2, 0.25) is 0 Å². The van der Waals surface area contributed by atoms with Gasteiger partial charge in [0.2, 0.25) is 5.91 Å². The molecule has 1 N–H and O–H groups in total. The van der Waals surface area contributed by atoms with Crippen LogP contribution in [0, 0.1) is 23.0 Å². The van der Waals surface area contributed by atoms with E-state index >= 15 is 0 Å². The lowest BCUT2D eigenvalue weighted by molar-refractivity contribution is -0.115. The Bertz CT molecular complexity index is 1280. The van der Waals surface area contributed by atoms with Crippen LogP contribution in [0.15, 0.2) is 48.8 Å². The van der Waals surface area contributed by atoms with E-state index < -0.39 is 17.2 Å². The molecule has 0 aliphatic rings. The molecule has 0 aliphatic heterocycles. The fourth-order valence-electron chi connectivity index (χ4n) is 3.20. The van der Waals surface area contributed by atoms with E-state index in [2.05, 4.69) is 15.5 Å². The van der Waals surface area contributed by atoms with Gasteiger partial charge in [-0.25, -0.2) is 8.78 Å². The zero-order chi connectivity index (χ0) is 21.3. The number of benzene rings is 2. The van der Waals surface area contributed by atoms with Crippen LogP contribution in [0.3, 0.4) is 0 Å². The number of anilines is 1. The molecule has 0 unspecified atom stereocenters. The number of amides is 1. The van der Waals surface area contributed by atoms with Crippen molar-refractivity contribution in [3.63, 3.8) is 0 Å². The Balaban J connectivity index is 1.42. The number of rotatable bonds is 5. The van der Waals surface area contributed by atoms with Gasteiger partial charge in [0.25, 0.3) is 0 Å². The van der Waals surface area contributed by atoms with Gasteiger partial charge in [-0.15, -0.1) is 0 Å². The van der Waals surface area contributed by atoms with Crippen molar-refractivity contribution in [1.29, 1.82) is 5.26 Å². The number of nitrogens with one attached hydrogen (secondary N) is 1. The molecule has 4 aromatic rings. The molecule has 0 aliphatic carbocycles. The zero-order valence-electron chi connectivity index (χ0n) is 15.9. The minimum absolute atomic E-state index is 0.0899. The van der Waals surface area contributed by atoms with Gasteiger partial charge in [0.15, 0.2) is 5.82 Å². The second-order valence-corrected chi connectivity index (χ2v) is 6.83. The molecule has 0 saturated heterocycles. The molecule has 0 bridgehead atoms. The molecular weight excluding hydrogens is 390 g/mol. The molecular formula is C21H16F2N6O. The van der Waals surface area contributed by atoms with Crippen LogP contribution in [0.25, 0.3) is 10.9 Å². The first-order valence-electron chi connectivity index (χ1n) is 9.05. The minimum Gasteiger partial charge on any atom is -0.309 e. The average molecular weight is 406 g/mol. The molecule has 7 nitrogen and oxygen atoms in total. The van der Waals surface area contributed by atoms with Crippen molar-refractivity contribution in [3.05, 3.63) is 77.1 Å². The summed E-state index contributed by atoms with van der Waals surface area (Å²) < 4.78 is 30.7. The van der Waals surface area contributed by atoms with Crippen molar-refractivity contribution in [2.75, 3.05) is 5.32 Å². The quantitative estimate of drug-likeness (QED) is 0.551. The maximum Gasteiger partial charge on any atom is 0.229 e. The van der Waals surface area contributed by atoms with Gasteiger partial charge in [-0.05, 0) is 29.3 Å². The molecule has 1 amide bonds. The van der Waals surface area contributed by atoms with Crippen molar-refractivity contribution >= 4 is 22.6 Å². The van der Waals surface area contributed by atoms with Crippen molar-refractivity contribution < 1.29 is 13.6 Å². The van der Waals surface area contributed by atoms with Crippen LogP contribution in [0.1, 0.15) is 16.7 Å².